The number of nitrogens with zero attached hydrogens (tertiary/aromatic N) is 3. The average molecular weight is 402 g/mol. The Labute approximate surface area is 168 Å². The molecule has 8 heteroatoms. The lowest BCUT2D eigenvalue weighted by Gasteiger charge is -2.19. The molecule has 2 aromatic carbocycles. The number of rotatable bonds is 3. The molecule has 1 aliphatic heterocycles. The van der Waals surface area contributed by atoms with Crippen molar-refractivity contribution in [2.75, 3.05) is 11.9 Å². The molecule has 0 fully saturated rings. The van der Waals surface area contributed by atoms with Crippen LogP contribution < -0.4 is 10.6 Å². The number of benzene rings is 2. The van der Waals surface area contributed by atoms with Crippen LogP contribution >= 0.6 is 12.4 Å². The fourth-order valence-corrected chi connectivity index (χ4v) is 3.36. The lowest BCUT2D eigenvalue weighted by molar-refractivity contribution is 0.102. The Hall–Kier alpha value is -2.77. The number of carbonyl (C=O) groups is 1. The van der Waals surface area contributed by atoms with Gasteiger partial charge in [-0.25, -0.2) is 9.07 Å². The van der Waals surface area contributed by atoms with Gasteiger partial charge in [0.1, 0.15) is 5.82 Å². The van der Waals surface area contributed by atoms with Gasteiger partial charge in [0.2, 0.25) is 0 Å². The van der Waals surface area contributed by atoms with Crippen molar-refractivity contribution in [3.63, 3.8) is 0 Å². The topological polar surface area (TPSA) is 71.8 Å². The SMILES string of the molecule is Cc1cccc(-n2nnc(C(=O)Nc3ccc4c(c3F)CCNC4)c2C)c1.Cl. The van der Waals surface area contributed by atoms with E-state index in [1.165, 1.54) is 0 Å². The van der Waals surface area contributed by atoms with Gasteiger partial charge in [0.25, 0.3) is 5.91 Å². The van der Waals surface area contributed by atoms with Crippen LogP contribution in [0.15, 0.2) is 36.4 Å². The smallest absolute Gasteiger partial charge is 0.278 e. The van der Waals surface area contributed by atoms with Gasteiger partial charge in [-0.1, -0.05) is 23.4 Å². The Morgan fingerprint density at radius 1 is 1.25 bits per heavy atom. The van der Waals surface area contributed by atoms with Gasteiger partial charge >= 0.3 is 0 Å². The first-order valence-corrected chi connectivity index (χ1v) is 8.86. The van der Waals surface area contributed by atoms with Gasteiger partial charge in [0, 0.05) is 6.54 Å². The van der Waals surface area contributed by atoms with Crippen LogP contribution in [0.3, 0.4) is 0 Å². The van der Waals surface area contributed by atoms with Crippen LogP contribution in [0, 0.1) is 19.7 Å². The van der Waals surface area contributed by atoms with Crippen LogP contribution in [0.4, 0.5) is 10.1 Å². The lowest BCUT2D eigenvalue weighted by atomic mass is 9.99. The summed E-state index contributed by atoms with van der Waals surface area (Å²) in [5.41, 5.74) is 4.44. The van der Waals surface area contributed by atoms with Crippen molar-refractivity contribution in [2.24, 2.45) is 0 Å². The summed E-state index contributed by atoms with van der Waals surface area (Å²) in [7, 11) is 0. The van der Waals surface area contributed by atoms with E-state index in [1.54, 1.807) is 17.7 Å². The number of aromatic nitrogens is 3. The molecule has 0 aliphatic carbocycles. The summed E-state index contributed by atoms with van der Waals surface area (Å²) in [6, 6.07) is 11.2. The van der Waals surface area contributed by atoms with E-state index in [1.807, 2.05) is 37.3 Å². The first-order chi connectivity index (χ1) is 13.0. The van der Waals surface area contributed by atoms with Crippen LogP contribution in [0.1, 0.15) is 32.9 Å². The van der Waals surface area contributed by atoms with Crippen molar-refractivity contribution in [3.05, 3.63) is 70.3 Å². The molecular formula is C20H21ClFN5O. The highest BCUT2D eigenvalue weighted by molar-refractivity contribution is 6.03. The summed E-state index contributed by atoms with van der Waals surface area (Å²) in [6.45, 7) is 5.12. The molecule has 2 N–H and O–H groups in total. The van der Waals surface area contributed by atoms with Crippen molar-refractivity contribution in [3.8, 4) is 5.69 Å². The minimum Gasteiger partial charge on any atom is -0.318 e. The standard InChI is InChI=1S/C20H20FN5O.ClH/c1-12-4-3-5-15(10-12)26-13(2)19(24-25-26)20(27)23-17-7-6-14-11-22-9-8-16(14)18(17)21;/h3-7,10,22H,8-9,11H2,1-2H3,(H,23,27);1H. The molecule has 0 saturated heterocycles. The molecule has 0 saturated carbocycles. The summed E-state index contributed by atoms with van der Waals surface area (Å²) in [4.78, 5) is 12.7. The fourth-order valence-electron chi connectivity index (χ4n) is 3.36. The number of anilines is 1. The number of nitrogens with one attached hydrogen (secondary N) is 2. The van der Waals surface area contributed by atoms with E-state index in [0.29, 0.717) is 24.2 Å². The maximum Gasteiger partial charge on any atom is 0.278 e. The van der Waals surface area contributed by atoms with Crippen molar-refractivity contribution in [1.29, 1.82) is 0 Å². The van der Waals surface area contributed by atoms with E-state index < -0.39 is 5.91 Å². The summed E-state index contributed by atoms with van der Waals surface area (Å²) >= 11 is 0. The first-order valence-electron chi connectivity index (χ1n) is 8.86. The molecule has 1 aliphatic rings. The molecule has 1 aromatic heterocycles. The summed E-state index contributed by atoms with van der Waals surface area (Å²) in [5.74, 6) is -0.842. The highest BCUT2D eigenvalue weighted by Gasteiger charge is 2.21. The molecule has 0 atom stereocenters. The third-order valence-corrected chi connectivity index (χ3v) is 4.81. The van der Waals surface area contributed by atoms with Crippen LogP contribution in [0.2, 0.25) is 0 Å². The van der Waals surface area contributed by atoms with Gasteiger partial charge in [-0.15, -0.1) is 17.5 Å². The zero-order valence-corrected chi connectivity index (χ0v) is 16.4. The van der Waals surface area contributed by atoms with Crippen LogP contribution in [0.25, 0.3) is 5.69 Å². The highest BCUT2D eigenvalue weighted by atomic mass is 35.5. The molecule has 0 radical (unpaired) electrons. The zero-order chi connectivity index (χ0) is 19.0. The van der Waals surface area contributed by atoms with Gasteiger partial charge in [-0.05, 0) is 61.7 Å². The van der Waals surface area contributed by atoms with E-state index in [4.69, 9.17) is 0 Å². The summed E-state index contributed by atoms with van der Waals surface area (Å²) < 4.78 is 16.4. The number of fused-ring (bicyclic) bond motifs is 1. The number of aryl methyl sites for hydroxylation is 1. The highest BCUT2D eigenvalue weighted by Crippen LogP contribution is 2.25. The van der Waals surface area contributed by atoms with E-state index >= 15 is 0 Å². The summed E-state index contributed by atoms with van der Waals surface area (Å²) in [5, 5.41) is 13.9. The molecule has 146 valence electrons. The van der Waals surface area contributed by atoms with Crippen molar-refractivity contribution in [1.82, 2.24) is 20.3 Å². The Kier molecular flexibility index (Phi) is 5.76. The first kappa shape index (κ1) is 20.0. The molecule has 0 unspecified atom stereocenters. The average Bonchev–Trinajstić information content (AvgIpc) is 3.06. The molecule has 2 heterocycles. The van der Waals surface area contributed by atoms with Gasteiger partial charge in [-0.3, -0.25) is 4.79 Å². The molecule has 4 rings (SSSR count). The van der Waals surface area contributed by atoms with E-state index in [2.05, 4.69) is 20.9 Å². The predicted molar refractivity (Wildman–Crippen MR) is 108 cm³/mol. The number of amides is 1. The van der Waals surface area contributed by atoms with Crippen molar-refractivity contribution >= 4 is 24.0 Å². The van der Waals surface area contributed by atoms with Crippen LogP contribution in [-0.2, 0) is 13.0 Å². The van der Waals surface area contributed by atoms with Gasteiger partial charge < -0.3 is 10.6 Å². The monoisotopic (exact) mass is 401 g/mol. The lowest BCUT2D eigenvalue weighted by Crippen LogP contribution is -2.25. The van der Waals surface area contributed by atoms with Gasteiger partial charge in [0.15, 0.2) is 5.69 Å². The van der Waals surface area contributed by atoms with E-state index in [-0.39, 0.29) is 29.6 Å². The minimum atomic E-state index is -0.473. The van der Waals surface area contributed by atoms with E-state index in [9.17, 15) is 9.18 Å². The Morgan fingerprint density at radius 3 is 2.86 bits per heavy atom. The molecule has 0 spiro atoms. The number of carbonyl (C=O) groups excluding carboxylic acids is 1. The Balaban J connectivity index is 0.00000225. The van der Waals surface area contributed by atoms with E-state index in [0.717, 1.165) is 23.4 Å². The normalized spacial score (nSPS) is 12.8. The molecule has 1 amide bonds. The maximum atomic E-state index is 14.8. The Morgan fingerprint density at radius 2 is 2.07 bits per heavy atom. The molecular weight excluding hydrogens is 381 g/mol. The van der Waals surface area contributed by atoms with Crippen molar-refractivity contribution < 1.29 is 9.18 Å². The predicted octanol–water partition coefficient (Wildman–Crippen LogP) is 3.34. The Bertz CT molecular complexity index is 1030. The second-order valence-electron chi connectivity index (χ2n) is 6.72. The second kappa shape index (κ2) is 8.08. The number of halogens is 2. The van der Waals surface area contributed by atoms with Gasteiger partial charge in [0.05, 0.1) is 17.1 Å². The quantitative estimate of drug-likeness (QED) is 0.706. The summed E-state index contributed by atoms with van der Waals surface area (Å²) in [6.07, 6.45) is 0.605. The minimum absolute atomic E-state index is 0. The molecule has 3 aromatic rings. The maximum absolute atomic E-state index is 14.8. The number of hydrogen-bond donors (Lipinski definition) is 2. The van der Waals surface area contributed by atoms with Crippen LogP contribution in [0.5, 0.6) is 0 Å². The van der Waals surface area contributed by atoms with Crippen LogP contribution in [-0.4, -0.2) is 27.4 Å². The largest absolute Gasteiger partial charge is 0.318 e. The zero-order valence-electron chi connectivity index (χ0n) is 15.6. The molecule has 28 heavy (non-hydrogen) atoms. The second-order valence-corrected chi connectivity index (χ2v) is 6.72. The van der Waals surface area contributed by atoms with Crippen molar-refractivity contribution in [2.45, 2.75) is 26.8 Å². The fraction of sp³-hybridized carbons (Fsp3) is 0.250. The molecule has 0 bridgehead atoms. The molecule has 6 nitrogen and oxygen atoms in total. The third kappa shape index (κ3) is 3.63. The van der Waals surface area contributed by atoms with Gasteiger partial charge in [-0.2, -0.15) is 0 Å². The number of hydrogen-bond acceptors (Lipinski definition) is 4. The third-order valence-electron chi connectivity index (χ3n) is 4.81.